The summed E-state index contributed by atoms with van der Waals surface area (Å²) in [6.45, 7) is 5.63. The van der Waals surface area contributed by atoms with E-state index >= 15 is 0 Å². The molecule has 1 aromatic rings. The van der Waals surface area contributed by atoms with Crippen molar-refractivity contribution in [2.45, 2.75) is 33.1 Å². The van der Waals surface area contributed by atoms with Gasteiger partial charge in [0.2, 0.25) is 5.88 Å². The molecule has 6 heteroatoms. The standard InChI is InChI=1S/C9H14F2N2OS.C2H6/c1-6-7(8(10)11)12-13-4-15(2,3)5-14-9(6)13;1-2/h8H,4-5H2,1-3H3;1-2H3. The zero-order valence-electron chi connectivity index (χ0n) is 11.0. The van der Waals surface area contributed by atoms with E-state index in [1.165, 1.54) is 0 Å². The minimum Gasteiger partial charge on any atom is -0.468 e. The Labute approximate surface area is 102 Å². The van der Waals surface area contributed by atoms with Crippen LogP contribution >= 0.6 is 10.0 Å². The first kappa shape index (κ1) is 14.3. The van der Waals surface area contributed by atoms with E-state index in [2.05, 4.69) is 17.6 Å². The van der Waals surface area contributed by atoms with Crippen molar-refractivity contribution in [3.63, 3.8) is 0 Å². The Bertz CT molecular complexity index is 391. The molecule has 0 N–H and O–H groups in total. The third-order valence-electron chi connectivity index (χ3n) is 2.36. The van der Waals surface area contributed by atoms with Crippen LogP contribution in [0.5, 0.6) is 5.88 Å². The second-order valence-corrected chi connectivity index (χ2v) is 8.30. The minimum atomic E-state index is -2.52. The van der Waals surface area contributed by atoms with Gasteiger partial charge in [-0.05, 0) is 19.4 Å². The molecule has 0 atom stereocenters. The van der Waals surface area contributed by atoms with E-state index in [1.54, 1.807) is 11.6 Å². The molecule has 1 aromatic heterocycles. The van der Waals surface area contributed by atoms with Gasteiger partial charge >= 0.3 is 0 Å². The summed E-state index contributed by atoms with van der Waals surface area (Å²) >= 11 is 0. The molecule has 0 bridgehead atoms. The predicted octanol–water partition coefficient (Wildman–Crippen LogP) is 3.53. The SMILES string of the molecule is CC.Cc1c(C(F)F)nn2c1OCS(C)(C)C2. The molecule has 0 unspecified atom stereocenters. The van der Waals surface area contributed by atoms with Crippen LogP contribution in [0.25, 0.3) is 0 Å². The van der Waals surface area contributed by atoms with E-state index in [4.69, 9.17) is 4.74 Å². The zero-order chi connectivity index (χ0) is 13.2. The lowest BCUT2D eigenvalue weighted by atomic mass is 10.3. The van der Waals surface area contributed by atoms with Gasteiger partial charge in [-0.3, -0.25) is 0 Å². The summed E-state index contributed by atoms with van der Waals surface area (Å²) in [6, 6.07) is 0. The number of hydrogen-bond donors (Lipinski definition) is 0. The number of alkyl halides is 2. The molecule has 0 saturated carbocycles. The maximum atomic E-state index is 12.6. The maximum absolute atomic E-state index is 12.6. The van der Waals surface area contributed by atoms with Crippen LogP contribution in [0.2, 0.25) is 0 Å². The minimum absolute atomic E-state index is 0.151. The third kappa shape index (κ3) is 2.91. The Balaban J connectivity index is 0.000000686. The van der Waals surface area contributed by atoms with Gasteiger partial charge in [0, 0.05) is 5.56 Å². The quantitative estimate of drug-likeness (QED) is 0.777. The molecule has 0 spiro atoms. The summed E-state index contributed by atoms with van der Waals surface area (Å²) < 4.78 is 32.2. The van der Waals surface area contributed by atoms with Gasteiger partial charge < -0.3 is 4.74 Å². The summed E-state index contributed by atoms with van der Waals surface area (Å²) in [6.07, 6.45) is 1.69. The van der Waals surface area contributed by atoms with Crippen LogP contribution < -0.4 is 4.74 Å². The van der Waals surface area contributed by atoms with Crippen molar-refractivity contribution in [2.24, 2.45) is 0 Å². The van der Waals surface area contributed by atoms with E-state index in [9.17, 15) is 8.78 Å². The van der Waals surface area contributed by atoms with Gasteiger partial charge in [0.15, 0.2) is 0 Å². The number of rotatable bonds is 1. The van der Waals surface area contributed by atoms with Gasteiger partial charge in [-0.25, -0.2) is 13.5 Å². The second kappa shape index (κ2) is 5.25. The third-order valence-corrected chi connectivity index (χ3v) is 4.06. The number of fused-ring (bicyclic) bond motifs is 1. The molecular formula is C11H20F2N2OS. The summed E-state index contributed by atoms with van der Waals surface area (Å²) in [5, 5.41) is 3.91. The molecule has 0 aromatic carbocycles. The number of halogens is 2. The summed E-state index contributed by atoms with van der Waals surface area (Å²) in [5.74, 6) is 1.84. The highest BCUT2D eigenvalue weighted by atomic mass is 32.3. The average Bonchev–Trinajstić information content (AvgIpc) is 2.57. The van der Waals surface area contributed by atoms with Crippen molar-refractivity contribution >= 4 is 10.0 Å². The van der Waals surface area contributed by atoms with E-state index in [-0.39, 0.29) is 5.69 Å². The van der Waals surface area contributed by atoms with E-state index in [1.807, 2.05) is 13.8 Å². The van der Waals surface area contributed by atoms with Crippen LogP contribution in [0.1, 0.15) is 31.5 Å². The molecule has 3 nitrogen and oxygen atoms in total. The Morgan fingerprint density at radius 1 is 1.35 bits per heavy atom. The summed E-state index contributed by atoms with van der Waals surface area (Å²) in [5.41, 5.74) is 0.321. The monoisotopic (exact) mass is 266 g/mol. The van der Waals surface area contributed by atoms with Crippen molar-refractivity contribution in [3.05, 3.63) is 11.3 Å². The predicted molar refractivity (Wildman–Crippen MR) is 68.2 cm³/mol. The Hall–Kier alpha value is -0.780. The van der Waals surface area contributed by atoms with Crippen molar-refractivity contribution < 1.29 is 13.5 Å². The normalized spacial score (nSPS) is 18.8. The topological polar surface area (TPSA) is 27.1 Å². The highest BCUT2D eigenvalue weighted by Gasteiger charge is 2.29. The highest BCUT2D eigenvalue weighted by Crippen LogP contribution is 2.47. The zero-order valence-corrected chi connectivity index (χ0v) is 11.8. The molecule has 100 valence electrons. The molecule has 2 rings (SSSR count). The smallest absolute Gasteiger partial charge is 0.282 e. The summed E-state index contributed by atoms with van der Waals surface area (Å²) in [4.78, 5) is 0. The number of hydrogen-bond acceptors (Lipinski definition) is 2. The van der Waals surface area contributed by atoms with Crippen molar-refractivity contribution in [3.8, 4) is 5.88 Å². The molecule has 0 aliphatic carbocycles. The van der Waals surface area contributed by atoms with Crippen molar-refractivity contribution in [1.82, 2.24) is 9.78 Å². The Morgan fingerprint density at radius 3 is 2.47 bits per heavy atom. The van der Waals surface area contributed by atoms with E-state index in [0.29, 0.717) is 23.3 Å². The lowest BCUT2D eigenvalue weighted by Gasteiger charge is -2.35. The number of ether oxygens (including phenoxy) is 1. The van der Waals surface area contributed by atoms with Gasteiger partial charge in [-0.2, -0.15) is 15.1 Å². The van der Waals surface area contributed by atoms with Gasteiger partial charge in [-0.1, -0.05) is 13.8 Å². The van der Waals surface area contributed by atoms with Gasteiger partial charge in [0.25, 0.3) is 6.43 Å². The maximum Gasteiger partial charge on any atom is 0.282 e. The van der Waals surface area contributed by atoms with Crippen molar-refractivity contribution in [2.75, 3.05) is 18.5 Å². The molecule has 1 aliphatic heterocycles. The molecule has 0 radical (unpaired) electrons. The number of aromatic nitrogens is 2. The summed E-state index contributed by atoms with van der Waals surface area (Å²) in [7, 11) is -0.892. The molecule has 17 heavy (non-hydrogen) atoms. The molecule has 2 heterocycles. The fourth-order valence-electron chi connectivity index (χ4n) is 1.61. The second-order valence-electron chi connectivity index (χ2n) is 4.27. The van der Waals surface area contributed by atoms with Crippen LogP contribution in [0.3, 0.4) is 0 Å². The van der Waals surface area contributed by atoms with Gasteiger partial charge in [-0.15, -0.1) is 0 Å². The molecule has 0 saturated heterocycles. The van der Waals surface area contributed by atoms with Crippen LogP contribution in [0, 0.1) is 6.92 Å². The Kier molecular flexibility index (Phi) is 4.41. The van der Waals surface area contributed by atoms with Crippen LogP contribution in [0.4, 0.5) is 8.78 Å². The average molecular weight is 266 g/mol. The lowest BCUT2D eigenvalue weighted by molar-refractivity contribution is 0.144. The number of nitrogens with zero attached hydrogens (tertiary/aromatic N) is 2. The van der Waals surface area contributed by atoms with Crippen LogP contribution in [-0.4, -0.2) is 28.2 Å². The molecule has 0 amide bonds. The Morgan fingerprint density at radius 2 is 1.94 bits per heavy atom. The van der Waals surface area contributed by atoms with E-state index in [0.717, 1.165) is 0 Å². The van der Waals surface area contributed by atoms with Crippen LogP contribution in [0.15, 0.2) is 0 Å². The first-order valence-electron chi connectivity index (χ1n) is 5.58. The van der Waals surface area contributed by atoms with Gasteiger partial charge in [0.1, 0.15) is 11.6 Å². The van der Waals surface area contributed by atoms with Crippen molar-refractivity contribution in [1.29, 1.82) is 0 Å². The van der Waals surface area contributed by atoms with Crippen LogP contribution in [-0.2, 0) is 5.88 Å². The van der Waals surface area contributed by atoms with Gasteiger partial charge in [0.05, 0.1) is 5.88 Å². The molecular weight excluding hydrogens is 246 g/mol. The van der Waals surface area contributed by atoms with E-state index < -0.39 is 16.5 Å². The lowest BCUT2D eigenvalue weighted by Crippen LogP contribution is -2.22. The first-order valence-corrected chi connectivity index (χ1v) is 8.36. The fraction of sp³-hybridized carbons (Fsp3) is 0.727. The molecule has 1 aliphatic rings. The fourth-order valence-corrected chi connectivity index (χ4v) is 2.96. The first-order chi connectivity index (χ1) is 7.91. The largest absolute Gasteiger partial charge is 0.468 e. The molecule has 0 fully saturated rings. The highest BCUT2D eigenvalue weighted by molar-refractivity contribution is 8.31.